The monoisotopic (exact) mass is 619 g/mol. The smallest absolute Gasteiger partial charge is 0.496 e. The number of amides is 2. The number of carbonyl (C=O) groups is 2. The number of halogens is 4. The fourth-order valence-corrected chi connectivity index (χ4v) is 6.90. The number of hydrogen-bond acceptors (Lipinski definition) is 6. The highest BCUT2D eigenvalue weighted by Crippen LogP contribution is 2.49. The number of alkyl halides is 3. The first-order chi connectivity index (χ1) is 20.3. The number of carbonyl (C=O) groups excluding carboxylic acids is 2. The van der Waals surface area contributed by atoms with Gasteiger partial charge in [0.05, 0.1) is 29.2 Å². The molecule has 228 valence electrons. The van der Waals surface area contributed by atoms with Gasteiger partial charge in [0.15, 0.2) is 0 Å². The summed E-state index contributed by atoms with van der Waals surface area (Å²) in [4.78, 5) is 30.3. The van der Waals surface area contributed by atoms with Gasteiger partial charge in [-0.1, -0.05) is 19.1 Å². The SMILES string of the molecule is CCc1ccc(-c2cc(C(=O)N[C@@H]3[C@H]4CC[C@H](C4)[C@@H]3C(=O)Nc3cccc(S(=O)(=O)C(F)(F)F)c3)c(OC)cc2F)nc1. The molecule has 2 N–H and O–H groups in total. The molecule has 2 saturated carbocycles. The third-order valence-electron chi connectivity index (χ3n) is 8.28. The maximum Gasteiger partial charge on any atom is 0.501 e. The lowest BCUT2D eigenvalue weighted by Gasteiger charge is -2.31. The van der Waals surface area contributed by atoms with Crippen molar-refractivity contribution in [2.45, 2.75) is 49.1 Å². The third-order valence-corrected chi connectivity index (χ3v) is 9.76. The van der Waals surface area contributed by atoms with Crippen molar-refractivity contribution in [3.05, 3.63) is 71.7 Å². The van der Waals surface area contributed by atoms with Gasteiger partial charge in [0.2, 0.25) is 5.91 Å². The van der Waals surface area contributed by atoms with Crippen LogP contribution in [0.3, 0.4) is 0 Å². The molecule has 4 atom stereocenters. The van der Waals surface area contributed by atoms with Crippen molar-refractivity contribution in [2.75, 3.05) is 12.4 Å². The van der Waals surface area contributed by atoms with Gasteiger partial charge in [-0.25, -0.2) is 12.8 Å². The Hall–Kier alpha value is -4.00. The molecule has 2 amide bonds. The lowest BCUT2D eigenvalue weighted by molar-refractivity contribution is -0.122. The number of rotatable bonds is 8. The van der Waals surface area contributed by atoms with Crippen LogP contribution < -0.4 is 15.4 Å². The van der Waals surface area contributed by atoms with Crippen LogP contribution in [0.4, 0.5) is 23.2 Å². The number of ether oxygens (including phenoxy) is 1. The Morgan fingerprint density at radius 1 is 1.07 bits per heavy atom. The van der Waals surface area contributed by atoms with Crippen molar-refractivity contribution in [3.63, 3.8) is 0 Å². The summed E-state index contributed by atoms with van der Waals surface area (Å²) in [5.74, 6) is -2.62. The Kier molecular flexibility index (Phi) is 8.21. The van der Waals surface area contributed by atoms with E-state index in [-0.39, 0.29) is 34.4 Å². The zero-order chi connectivity index (χ0) is 31.1. The van der Waals surface area contributed by atoms with E-state index in [1.165, 1.54) is 19.2 Å². The van der Waals surface area contributed by atoms with Crippen molar-refractivity contribution in [3.8, 4) is 17.0 Å². The van der Waals surface area contributed by atoms with E-state index in [2.05, 4.69) is 15.6 Å². The summed E-state index contributed by atoms with van der Waals surface area (Å²) in [6.45, 7) is 1.96. The molecule has 0 aliphatic heterocycles. The molecule has 2 aromatic carbocycles. The number of sulfone groups is 1. The quantitative estimate of drug-likeness (QED) is 0.321. The Bertz CT molecular complexity index is 1660. The molecule has 1 aromatic heterocycles. The largest absolute Gasteiger partial charge is 0.501 e. The summed E-state index contributed by atoms with van der Waals surface area (Å²) in [5.41, 5.74) is -4.17. The van der Waals surface area contributed by atoms with Crippen LogP contribution in [0.1, 0.15) is 42.1 Å². The van der Waals surface area contributed by atoms with Crippen molar-refractivity contribution in [1.29, 1.82) is 0 Å². The highest BCUT2D eigenvalue weighted by molar-refractivity contribution is 7.92. The molecule has 8 nitrogen and oxygen atoms in total. The van der Waals surface area contributed by atoms with E-state index in [1.54, 1.807) is 12.3 Å². The average molecular weight is 620 g/mol. The Balaban J connectivity index is 1.39. The van der Waals surface area contributed by atoms with Crippen molar-refractivity contribution < 1.29 is 40.3 Å². The number of hydrogen-bond donors (Lipinski definition) is 2. The Morgan fingerprint density at radius 3 is 2.47 bits per heavy atom. The van der Waals surface area contributed by atoms with Crippen LogP contribution in [0, 0.1) is 23.6 Å². The van der Waals surface area contributed by atoms with Crippen LogP contribution in [0.5, 0.6) is 5.75 Å². The topological polar surface area (TPSA) is 114 Å². The van der Waals surface area contributed by atoms with Crippen LogP contribution in [-0.2, 0) is 21.1 Å². The highest BCUT2D eigenvalue weighted by Gasteiger charge is 2.52. The molecule has 0 unspecified atom stereocenters. The second kappa shape index (κ2) is 11.6. The van der Waals surface area contributed by atoms with E-state index in [9.17, 15) is 31.2 Å². The van der Waals surface area contributed by atoms with Gasteiger partial charge in [0.25, 0.3) is 15.7 Å². The number of aromatic nitrogens is 1. The molecular weight excluding hydrogens is 590 g/mol. The molecule has 43 heavy (non-hydrogen) atoms. The summed E-state index contributed by atoms with van der Waals surface area (Å²) in [5, 5.41) is 5.46. The first-order valence-corrected chi connectivity index (χ1v) is 15.2. The fourth-order valence-electron chi connectivity index (χ4n) is 6.10. The molecule has 2 fully saturated rings. The van der Waals surface area contributed by atoms with Crippen LogP contribution in [-0.4, -0.2) is 43.9 Å². The molecule has 2 bridgehead atoms. The van der Waals surface area contributed by atoms with Gasteiger partial charge in [-0.3, -0.25) is 14.6 Å². The summed E-state index contributed by atoms with van der Waals surface area (Å²) in [6, 6.07) is 9.28. The molecular formula is C30H29F4N3O5S. The van der Waals surface area contributed by atoms with Gasteiger partial charge < -0.3 is 15.4 Å². The number of anilines is 1. The molecule has 1 heterocycles. The summed E-state index contributed by atoms with van der Waals surface area (Å²) >= 11 is 0. The molecule has 3 aromatic rings. The molecule has 13 heteroatoms. The fraction of sp³-hybridized carbons (Fsp3) is 0.367. The van der Waals surface area contributed by atoms with Crippen molar-refractivity contribution in [1.82, 2.24) is 10.3 Å². The lowest BCUT2D eigenvalue weighted by Crippen LogP contribution is -2.48. The number of methoxy groups -OCH3 is 1. The van der Waals surface area contributed by atoms with Crippen LogP contribution in [0.15, 0.2) is 59.6 Å². The molecule has 2 aliphatic rings. The lowest BCUT2D eigenvalue weighted by atomic mass is 9.83. The maximum absolute atomic E-state index is 15.0. The van der Waals surface area contributed by atoms with Gasteiger partial charge in [0, 0.05) is 29.6 Å². The number of fused-ring (bicyclic) bond motifs is 2. The second-order valence-corrected chi connectivity index (χ2v) is 12.7. The van der Waals surface area contributed by atoms with E-state index in [1.807, 2.05) is 13.0 Å². The average Bonchev–Trinajstić information content (AvgIpc) is 3.58. The standard InChI is InChI=1S/C30H29F4N3O5S/c1-3-16-7-10-24(35-15-16)21-13-22(25(42-2)14-23(21)31)28(38)37-27-18-9-8-17(11-18)26(27)29(39)36-19-5-4-6-20(12-19)43(40,41)30(32,33)34/h4-7,10,12-15,17-18,26-27H,3,8-9,11H2,1-2H3,(H,36,39)(H,37,38)/t17-,18+,26+,27-/m1/s1. The zero-order valence-corrected chi connectivity index (χ0v) is 24.1. The van der Waals surface area contributed by atoms with Gasteiger partial charge in [-0.05, 0) is 73.4 Å². The molecule has 2 aliphatic carbocycles. The number of nitrogens with one attached hydrogen (secondary N) is 2. The van der Waals surface area contributed by atoms with Crippen molar-refractivity contribution in [2.24, 2.45) is 17.8 Å². The summed E-state index contributed by atoms with van der Waals surface area (Å²) in [6.07, 6.45) is 4.53. The van der Waals surface area contributed by atoms with Crippen LogP contribution >= 0.6 is 0 Å². The third kappa shape index (κ3) is 5.82. The number of pyridine rings is 1. The summed E-state index contributed by atoms with van der Waals surface area (Å²) in [7, 11) is -4.30. The first kappa shape index (κ1) is 30.5. The predicted molar refractivity (Wildman–Crippen MR) is 149 cm³/mol. The minimum Gasteiger partial charge on any atom is -0.496 e. The normalized spacial score (nSPS) is 21.4. The molecule has 0 radical (unpaired) electrons. The van der Waals surface area contributed by atoms with Crippen LogP contribution in [0.2, 0.25) is 0 Å². The predicted octanol–water partition coefficient (Wildman–Crippen LogP) is 5.54. The number of aryl methyl sites for hydroxylation is 1. The van der Waals surface area contributed by atoms with Crippen LogP contribution in [0.25, 0.3) is 11.3 Å². The van der Waals surface area contributed by atoms with E-state index in [4.69, 9.17) is 4.74 Å². The van der Waals surface area contributed by atoms with Gasteiger partial charge in [0.1, 0.15) is 11.6 Å². The second-order valence-electron chi connectivity index (χ2n) is 10.8. The number of benzene rings is 2. The Labute approximate surface area is 245 Å². The maximum atomic E-state index is 15.0. The molecule has 5 rings (SSSR count). The summed E-state index contributed by atoms with van der Waals surface area (Å²) < 4.78 is 83.2. The van der Waals surface area contributed by atoms with Gasteiger partial charge >= 0.3 is 5.51 Å². The minimum absolute atomic E-state index is 0.00391. The Morgan fingerprint density at radius 2 is 1.81 bits per heavy atom. The van der Waals surface area contributed by atoms with E-state index >= 15 is 4.39 Å². The first-order valence-electron chi connectivity index (χ1n) is 13.7. The highest BCUT2D eigenvalue weighted by atomic mass is 32.2. The molecule has 0 spiro atoms. The van der Waals surface area contributed by atoms with E-state index in [0.29, 0.717) is 12.1 Å². The van der Waals surface area contributed by atoms with E-state index in [0.717, 1.165) is 49.1 Å². The molecule has 0 saturated heterocycles. The van der Waals surface area contributed by atoms with Gasteiger partial charge in [-0.15, -0.1) is 0 Å². The van der Waals surface area contributed by atoms with Crippen molar-refractivity contribution >= 4 is 27.3 Å². The number of nitrogens with zero attached hydrogens (tertiary/aromatic N) is 1. The van der Waals surface area contributed by atoms with Gasteiger partial charge in [-0.2, -0.15) is 13.2 Å². The minimum atomic E-state index is -5.61. The van der Waals surface area contributed by atoms with E-state index < -0.39 is 49.8 Å². The zero-order valence-electron chi connectivity index (χ0n) is 23.2.